The van der Waals surface area contributed by atoms with E-state index in [9.17, 15) is 5.11 Å². The van der Waals surface area contributed by atoms with Crippen molar-refractivity contribution in [3.05, 3.63) is 59.2 Å². The van der Waals surface area contributed by atoms with Gasteiger partial charge in [0.15, 0.2) is 0 Å². The molecule has 0 aliphatic heterocycles. The molecule has 0 aliphatic rings. The average Bonchev–Trinajstić information content (AvgIpc) is 2.47. The molecule has 2 aromatic carbocycles. The van der Waals surface area contributed by atoms with Gasteiger partial charge in [-0.3, -0.25) is 5.43 Å². The molecule has 24 heavy (non-hydrogen) atoms. The summed E-state index contributed by atoms with van der Waals surface area (Å²) >= 11 is 0. The van der Waals surface area contributed by atoms with Gasteiger partial charge in [0.25, 0.3) is 0 Å². The monoisotopic (exact) mass is 324 g/mol. The van der Waals surface area contributed by atoms with Gasteiger partial charge in [-0.15, -0.1) is 0 Å². The van der Waals surface area contributed by atoms with E-state index in [4.69, 9.17) is 0 Å². The molecule has 0 saturated heterocycles. The largest absolute Gasteiger partial charge is 0.507 e. The minimum Gasteiger partial charge on any atom is -0.507 e. The first-order chi connectivity index (χ1) is 11.1. The first-order valence-electron chi connectivity index (χ1n) is 8.31. The molecule has 3 heteroatoms. The summed E-state index contributed by atoms with van der Waals surface area (Å²) in [4.78, 5) is 0. The van der Waals surface area contributed by atoms with E-state index in [0.717, 1.165) is 16.8 Å². The van der Waals surface area contributed by atoms with Gasteiger partial charge in [-0.2, -0.15) is 5.10 Å². The van der Waals surface area contributed by atoms with E-state index in [-0.39, 0.29) is 10.8 Å². The molecule has 0 fully saturated rings. The Morgan fingerprint density at radius 2 is 1.54 bits per heavy atom. The minimum absolute atomic E-state index is 0.00312. The van der Waals surface area contributed by atoms with Crippen LogP contribution in [0, 0.1) is 0 Å². The quantitative estimate of drug-likeness (QED) is 0.584. The number of hydrogen-bond donors (Lipinski definition) is 2. The second-order valence-corrected chi connectivity index (χ2v) is 8.20. The van der Waals surface area contributed by atoms with Crippen molar-refractivity contribution in [1.82, 2.24) is 0 Å². The van der Waals surface area contributed by atoms with Crippen LogP contribution in [0.5, 0.6) is 5.75 Å². The molecule has 0 radical (unpaired) electrons. The lowest BCUT2D eigenvalue weighted by atomic mass is 9.79. The third-order valence-corrected chi connectivity index (χ3v) is 3.98. The summed E-state index contributed by atoms with van der Waals surface area (Å²) in [6.07, 6.45) is 1.69. The SMILES string of the molecule is CC(C)(C)c1cc(C=NNc2ccccc2)c(O)c(C(C)(C)C)c1. The van der Waals surface area contributed by atoms with Crippen molar-refractivity contribution in [2.24, 2.45) is 5.10 Å². The van der Waals surface area contributed by atoms with Gasteiger partial charge in [-0.1, -0.05) is 65.8 Å². The number of benzene rings is 2. The number of phenols is 1. The standard InChI is InChI=1S/C21H28N2O/c1-20(2,3)16-12-15(19(24)18(13-16)21(4,5)6)14-22-23-17-10-8-7-9-11-17/h7-14,23-24H,1-6H3. The van der Waals surface area contributed by atoms with E-state index in [2.05, 4.69) is 58.1 Å². The second-order valence-electron chi connectivity index (χ2n) is 8.20. The molecule has 0 atom stereocenters. The molecule has 0 aliphatic carbocycles. The van der Waals surface area contributed by atoms with Crippen LogP contribution in [0.1, 0.15) is 58.2 Å². The van der Waals surface area contributed by atoms with Gasteiger partial charge in [-0.25, -0.2) is 0 Å². The predicted molar refractivity (Wildman–Crippen MR) is 103 cm³/mol. The van der Waals surface area contributed by atoms with Crippen LogP contribution in [0.4, 0.5) is 5.69 Å². The molecule has 0 saturated carbocycles. The highest BCUT2D eigenvalue weighted by molar-refractivity contribution is 5.85. The highest BCUT2D eigenvalue weighted by Crippen LogP contribution is 2.37. The molecule has 0 aromatic heterocycles. The summed E-state index contributed by atoms with van der Waals surface area (Å²) in [5, 5.41) is 15.0. The zero-order valence-electron chi connectivity index (χ0n) is 15.5. The van der Waals surface area contributed by atoms with Crippen molar-refractivity contribution in [3.8, 4) is 5.75 Å². The minimum atomic E-state index is -0.138. The van der Waals surface area contributed by atoms with E-state index in [0.29, 0.717) is 5.75 Å². The maximum Gasteiger partial charge on any atom is 0.128 e. The number of hydrazone groups is 1. The number of nitrogens with zero attached hydrogens (tertiary/aromatic N) is 1. The van der Waals surface area contributed by atoms with Gasteiger partial charge in [0.2, 0.25) is 0 Å². The van der Waals surface area contributed by atoms with Crippen LogP contribution in [-0.4, -0.2) is 11.3 Å². The van der Waals surface area contributed by atoms with E-state index in [1.54, 1.807) is 6.21 Å². The lowest BCUT2D eigenvalue weighted by Crippen LogP contribution is -2.17. The first kappa shape index (κ1) is 18.1. The molecular weight excluding hydrogens is 296 g/mol. The molecule has 2 aromatic rings. The number of aromatic hydroxyl groups is 1. The van der Waals surface area contributed by atoms with Gasteiger partial charge in [0.1, 0.15) is 5.75 Å². The Morgan fingerprint density at radius 1 is 0.917 bits per heavy atom. The Balaban J connectivity index is 2.41. The molecule has 2 rings (SSSR count). The van der Waals surface area contributed by atoms with Crippen LogP contribution < -0.4 is 5.43 Å². The molecular formula is C21H28N2O. The Bertz CT molecular complexity index is 720. The molecule has 128 valence electrons. The number of nitrogens with one attached hydrogen (secondary N) is 1. The Kier molecular flexibility index (Phi) is 5.02. The van der Waals surface area contributed by atoms with Crippen molar-refractivity contribution in [3.63, 3.8) is 0 Å². The summed E-state index contributed by atoms with van der Waals surface area (Å²) in [6, 6.07) is 13.9. The van der Waals surface area contributed by atoms with Crippen molar-refractivity contribution in [1.29, 1.82) is 0 Å². The topological polar surface area (TPSA) is 44.6 Å². The van der Waals surface area contributed by atoms with Crippen LogP contribution in [0.3, 0.4) is 0 Å². The molecule has 0 heterocycles. The lowest BCUT2D eigenvalue weighted by Gasteiger charge is -2.26. The maximum atomic E-state index is 10.7. The molecule has 0 spiro atoms. The number of anilines is 1. The fraction of sp³-hybridized carbons (Fsp3) is 0.381. The number of rotatable bonds is 3. The van der Waals surface area contributed by atoms with Crippen molar-refractivity contribution < 1.29 is 5.11 Å². The van der Waals surface area contributed by atoms with Gasteiger partial charge in [0, 0.05) is 11.1 Å². The third kappa shape index (κ3) is 4.38. The average molecular weight is 324 g/mol. The van der Waals surface area contributed by atoms with E-state index in [1.807, 2.05) is 36.4 Å². The number of para-hydroxylation sites is 1. The zero-order valence-corrected chi connectivity index (χ0v) is 15.5. The molecule has 2 N–H and O–H groups in total. The Morgan fingerprint density at radius 3 is 2.08 bits per heavy atom. The molecule has 0 bridgehead atoms. The highest BCUT2D eigenvalue weighted by Gasteiger charge is 2.24. The van der Waals surface area contributed by atoms with E-state index in [1.165, 1.54) is 5.56 Å². The normalized spacial score (nSPS) is 12.6. The van der Waals surface area contributed by atoms with Crippen LogP contribution in [0.25, 0.3) is 0 Å². The molecule has 0 unspecified atom stereocenters. The number of hydrogen-bond acceptors (Lipinski definition) is 3. The van der Waals surface area contributed by atoms with Crippen LogP contribution in [-0.2, 0) is 10.8 Å². The van der Waals surface area contributed by atoms with E-state index < -0.39 is 0 Å². The Hall–Kier alpha value is -2.29. The first-order valence-corrected chi connectivity index (χ1v) is 8.31. The predicted octanol–water partition coefficient (Wildman–Crippen LogP) is 5.43. The second kappa shape index (κ2) is 6.68. The van der Waals surface area contributed by atoms with E-state index >= 15 is 0 Å². The van der Waals surface area contributed by atoms with Gasteiger partial charge in [0.05, 0.1) is 11.9 Å². The summed E-state index contributed by atoms with van der Waals surface area (Å²) in [5.41, 5.74) is 6.63. The zero-order chi connectivity index (χ0) is 18.0. The maximum absolute atomic E-state index is 10.7. The Labute approximate surface area is 145 Å². The summed E-state index contributed by atoms with van der Waals surface area (Å²) in [7, 11) is 0. The summed E-state index contributed by atoms with van der Waals surface area (Å²) in [5.74, 6) is 0.300. The van der Waals surface area contributed by atoms with Crippen molar-refractivity contribution in [2.75, 3.05) is 5.43 Å². The highest BCUT2D eigenvalue weighted by atomic mass is 16.3. The molecule has 3 nitrogen and oxygen atoms in total. The number of phenolic OH excluding ortho intramolecular Hbond substituents is 1. The van der Waals surface area contributed by atoms with Gasteiger partial charge >= 0.3 is 0 Å². The summed E-state index contributed by atoms with van der Waals surface area (Å²) in [6.45, 7) is 12.9. The molecule has 0 amide bonds. The lowest BCUT2D eigenvalue weighted by molar-refractivity contribution is 0.444. The fourth-order valence-electron chi connectivity index (χ4n) is 2.45. The summed E-state index contributed by atoms with van der Waals surface area (Å²) < 4.78 is 0. The van der Waals surface area contributed by atoms with Gasteiger partial charge < -0.3 is 5.11 Å². The fourth-order valence-corrected chi connectivity index (χ4v) is 2.45. The van der Waals surface area contributed by atoms with Gasteiger partial charge in [-0.05, 0) is 34.6 Å². The van der Waals surface area contributed by atoms with Crippen LogP contribution >= 0.6 is 0 Å². The third-order valence-electron chi connectivity index (χ3n) is 3.98. The van der Waals surface area contributed by atoms with Crippen molar-refractivity contribution in [2.45, 2.75) is 52.4 Å². The van der Waals surface area contributed by atoms with Crippen LogP contribution in [0.2, 0.25) is 0 Å². The van der Waals surface area contributed by atoms with Crippen molar-refractivity contribution >= 4 is 11.9 Å². The smallest absolute Gasteiger partial charge is 0.128 e. The van der Waals surface area contributed by atoms with Crippen LogP contribution in [0.15, 0.2) is 47.6 Å².